The van der Waals surface area contributed by atoms with Crippen LogP contribution in [0.15, 0.2) is 70.5 Å². The van der Waals surface area contributed by atoms with E-state index in [-0.39, 0.29) is 41.5 Å². The number of imide groups is 1. The molecule has 0 saturated heterocycles. The molecule has 4 rings (SSSR count). The second-order valence-electron chi connectivity index (χ2n) is 10.5. The lowest BCUT2D eigenvalue weighted by Gasteiger charge is -2.20. The number of rotatable bonds is 15. The van der Waals surface area contributed by atoms with E-state index in [1.807, 2.05) is 19.0 Å². The molecule has 1 aliphatic rings. The minimum absolute atomic E-state index is 0.0570. The summed E-state index contributed by atoms with van der Waals surface area (Å²) < 4.78 is 71.5. The molecule has 12 nitrogen and oxygen atoms in total. The Hall–Kier alpha value is -3.98. The molecule has 0 aliphatic carbocycles. The SMILES string of the molecule is Cc1ccc(S(=O)(=O)N(C)CCCN(C)C)c(S(=O)(=O)Oc2cccc(OCCCOc3cccc4c3C(=O)NC4=O)c2)c1. The van der Waals surface area contributed by atoms with Crippen molar-refractivity contribution in [3.05, 3.63) is 77.4 Å². The standard InChI is InChI=1S/C30H35N3O9S2/c1-21-13-14-26(43(36,37)33(4)16-7-15-32(2)3)27(19-21)44(38,39)42-23-10-5-9-22(20-23)40-17-8-18-41-25-12-6-11-24-28(25)30(35)31-29(24)34/h5-6,9-14,19-20H,7-8,15-18H2,1-4H3,(H,31,34,35). The summed E-state index contributed by atoms with van der Waals surface area (Å²) in [6.07, 6.45) is 0.980. The first-order valence-corrected chi connectivity index (χ1v) is 16.6. The molecule has 0 bridgehead atoms. The predicted molar refractivity (Wildman–Crippen MR) is 162 cm³/mol. The van der Waals surface area contributed by atoms with Crippen LogP contribution in [0.2, 0.25) is 0 Å². The van der Waals surface area contributed by atoms with Crippen molar-refractivity contribution in [2.75, 3.05) is 47.4 Å². The van der Waals surface area contributed by atoms with Crippen LogP contribution >= 0.6 is 0 Å². The van der Waals surface area contributed by atoms with Crippen molar-refractivity contribution in [3.8, 4) is 17.2 Å². The molecule has 3 aromatic rings. The van der Waals surface area contributed by atoms with Gasteiger partial charge < -0.3 is 18.6 Å². The van der Waals surface area contributed by atoms with E-state index in [4.69, 9.17) is 13.7 Å². The number of hydrogen-bond donors (Lipinski definition) is 1. The molecule has 236 valence electrons. The Morgan fingerprint density at radius 2 is 1.45 bits per heavy atom. The number of carbonyl (C=O) groups is 2. The van der Waals surface area contributed by atoms with Gasteiger partial charge in [0.25, 0.3) is 11.8 Å². The molecule has 0 fully saturated rings. The fourth-order valence-electron chi connectivity index (χ4n) is 4.45. The summed E-state index contributed by atoms with van der Waals surface area (Å²) in [5.74, 6) is -0.416. The molecule has 14 heteroatoms. The van der Waals surface area contributed by atoms with Crippen molar-refractivity contribution in [1.82, 2.24) is 14.5 Å². The lowest BCUT2D eigenvalue weighted by molar-refractivity contribution is 0.0878. The minimum Gasteiger partial charge on any atom is -0.493 e. The molecule has 0 spiro atoms. The van der Waals surface area contributed by atoms with E-state index in [0.717, 1.165) is 4.31 Å². The van der Waals surface area contributed by atoms with Gasteiger partial charge in [0.15, 0.2) is 0 Å². The van der Waals surface area contributed by atoms with Crippen molar-refractivity contribution in [2.24, 2.45) is 0 Å². The number of nitrogens with one attached hydrogen (secondary N) is 1. The van der Waals surface area contributed by atoms with Gasteiger partial charge in [-0.2, -0.15) is 8.42 Å². The quantitative estimate of drug-likeness (QED) is 0.149. The van der Waals surface area contributed by atoms with Gasteiger partial charge in [-0.1, -0.05) is 18.2 Å². The van der Waals surface area contributed by atoms with Gasteiger partial charge in [-0.3, -0.25) is 14.9 Å². The average Bonchev–Trinajstić information content (AvgIpc) is 3.26. The van der Waals surface area contributed by atoms with E-state index in [2.05, 4.69) is 5.32 Å². The largest absolute Gasteiger partial charge is 0.493 e. The first-order chi connectivity index (χ1) is 20.8. The van der Waals surface area contributed by atoms with Gasteiger partial charge in [-0.25, -0.2) is 12.7 Å². The molecule has 1 aliphatic heterocycles. The van der Waals surface area contributed by atoms with Crippen LogP contribution in [0.1, 0.15) is 39.1 Å². The summed E-state index contributed by atoms with van der Waals surface area (Å²) in [6.45, 7) is 2.92. The van der Waals surface area contributed by atoms with E-state index in [1.165, 1.54) is 37.4 Å². The number of aryl methyl sites for hydroxylation is 1. The molecular weight excluding hydrogens is 610 g/mol. The molecular formula is C30H35N3O9S2. The average molecular weight is 646 g/mol. The summed E-state index contributed by atoms with van der Waals surface area (Å²) in [5.41, 5.74) is 1.01. The maximum absolute atomic E-state index is 13.4. The zero-order valence-electron chi connectivity index (χ0n) is 24.9. The Morgan fingerprint density at radius 1 is 0.750 bits per heavy atom. The molecule has 1 heterocycles. The molecule has 0 saturated carbocycles. The van der Waals surface area contributed by atoms with Crippen LogP contribution < -0.4 is 19.0 Å². The van der Waals surface area contributed by atoms with Crippen molar-refractivity contribution in [2.45, 2.75) is 29.6 Å². The molecule has 0 unspecified atom stereocenters. The number of carbonyl (C=O) groups excluding carboxylic acids is 2. The first kappa shape index (κ1) is 32.9. The number of amides is 2. The number of benzene rings is 3. The zero-order chi connectivity index (χ0) is 32.1. The number of fused-ring (bicyclic) bond motifs is 1. The smallest absolute Gasteiger partial charge is 0.340 e. The molecule has 0 atom stereocenters. The highest BCUT2D eigenvalue weighted by Crippen LogP contribution is 2.30. The Kier molecular flexibility index (Phi) is 10.3. The maximum atomic E-state index is 13.4. The van der Waals surface area contributed by atoms with E-state index < -0.39 is 36.9 Å². The van der Waals surface area contributed by atoms with Crippen molar-refractivity contribution < 1.29 is 40.1 Å². The Morgan fingerprint density at radius 3 is 2.20 bits per heavy atom. The van der Waals surface area contributed by atoms with Gasteiger partial charge in [-0.05, 0) is 75.9 Å². The summed E-state index contributed by atoms with van der Waals surface area (Å²) in [7, 11) is -3.51. The van der Waals surface area contributed by atoms with Gasteiger partial charge in [0.2, 0.25) is 10.0 Å². The Bertz CT molecular complexity index is 1760. The molecule has 0 radical (unpaired) electrons. The fourth-order valence-corrected chi connectivity index (χ4v) is 7.42. The summed E-state index contributed by atoms with van der Waals surface area (Å²) in [5, 5.41) is 2.24. The Labute approximate surface area is 257 Å². The van der Waals surface area contributed by atoms with Crippen molar-refractivity contribution in [3.63, 3.8) is 0 Å². The van der Waals surface area contributed by atoms with Gasteiger partial charge in [0.05, 0.1) is 24.3 Å². The molecule has 3 aromatic carbocycles. The third-order valence-corrected chi connectivity index (χ3v) is 10.0. The lowest BCUT2D eigenvalue weighted by atomic mass is 10.1. The molecule has 44 heavy (non-hydrogen) atoms. The third kappa shape index (κ3) is 7.75. The first-order valence-electron chi connectivity index (χ1n) is 13.8. The zero-order valence-corrected chi connectivity index (χ0v) is 26.5. The van der Waals surface area contributed by atoms with E-state index in [9.17, 15) is 26.4 Å². The summed E-state index contributed by atoms with van der Waals surface area (Å²) in [6, 6.07) is 14.8. The molecule has 2 amide bonds. The van der Waals surface area contributed by atoms with Crippen LogP contribution in [-0.2, 0) is 20.1 Å². The highest BCUT2D eigenvalue weighted by Gasteiger charge is 2.32. The molecule has 1 N–H and O–H groups in total. The third-order valence-electron chi connectivity index (χ3n) is 6.69. The van der Waals surface area contributed by atoms with Crippen molar-refractivity contribution >= 4 is 32.0 Å². The fraction of sp³-hybridized carbons (Fsp3) is 0.333. The highest BCUT2D eigenvalue weighted by atomic mass is 32.2. The van der Waals surface area contributed by atoms with Crippen LogP contribution in [0.3, 0.4) is 0 Å². The minimum atomic E-state index is -4.55. The number of sulfonamides is 1. The molecule has 0 aromatic heterocycles. The second kappa shape index (κ2) is 13.8. The number of ether oxygens (including phenoxy) is 2. The van der Waals surface area contributed by atoms with Crippen LogP contribution in [0.5, 0.6) is 17.2 Å². The van der Waals surface area contributed by atoms with Crippen LogP contribution in [0, 0.1) is 6.92 Å². The lowest BCUT2D eigenvalue weighted by Crippen LogP contribution is -2.31. The van der Waals surface area contributed by atoms with E-state index in [0.29, 0.717) is 36.4 Å². The van der Waals surface area contributed by atoms with Crippen LogP contribution in [0.25, 0.3) is 0 Å². The highest BCUT2D eigenvalue weighted by molar-refractivity contribution is 7.91. The summed E-state index contributed by atoms with van der Waals surface area (Å²) >= 11 is 0. The van der Waals surface area contributed by atoms with Crippen LogP contribution in [0.4, 0.5) is 0 Å². The van der Waals surface area contributed by atoms with Gasteiger partial charge >= 0.3 is 10.1 Å². The second-order valence-corrected chi connectivity index (χ2v) is 14.0. The van der Waals surface area contributed by atoms with Crippen molar-refractivity contribution in [1.29, 1.82) is 0 Å². The van der Waals surface area contributed by atoms with E-state index >= 15 is 0 Å². The summed E-state index contributed by atoms with van der Waals surface area (Å²) in [4.78, 5) is 25.0. The normalized spacial score (nSPS) is 13.2. The predicted octanol–water partition coefficient (Wildman–Crippen LogP) is 3.07. The van der Waals surface area contributed by atoms with Gasteiger partial charge in [0, 0.05) is 26.1 Å². The van der Waals surface area contributed by atoms with Gasteiger partial charge in [0.1, 0.15) is 27.0 Å². The van der Waals surface area contributed by atoms with E-state index in [1.54, 1.807) is 37.3 Å². The van der Waals surface area contributed by atoms with Gasteiger partial charge in [-0.15, -0.1) is 0 Å². The number of hydrogen-bond acceptors (Lipinski definition) is 10. The number of nitrogens with zero attached hydrogens (tertiary/aromatic N) is 2. The maximum Gasteiger partial charge on any atom is 0.340 e. The monoisotopic (exact) mass is 645 g/mol. The topological polar surface area (TPSA) is 149 Å². The Balaban J connectivity index is 1.40. The van der Waals surface area contributed by atoms with Crippen LogP contribution in [-0.4, -0.2) is 85.3 Å².